The molecule has 3 N–H and O–H groups in total. The molecule has 0 aromatic carbocycles. The lowest BCUT2D eigenvalue weighted by Crippen LogP contribution is -2.36. The summed E-state index contributed by atoms with van der Waals surface area (Å²) in [4.78, 5) is 24.1. The van der Waals surface area contributed by atoms with Crippen LogP contribution in [0.25, 0.3) is 22.3 Å². The highest BCUT2D eigenvalue weighted by Gasteiger charge is 2.15. The van der Waals surface area contributed by atoms with Gasteiger partial charge in [-0.2, -0.15) is 0 Å². The maximum atomic E-state index is 6.13. The molecule has 0 saturated carbocycles. The molecule has 5 heterocycles. The number of hydrogen-bond donors (Lipinski definition) is 2. The summed E-state index contributed by atoms with van der Waals surface area (Å²) in [5, 5.41) is 4.03. The van der Waals surface area contributed by atoms with E-state index >= 15 is 0 Å². The summed E-state index contributed by atoms with van der Waals surface area (Å²) in [5.74, 6) is 1.30. The number of pyridine rings is 3. The number of nitrogens with zero attached hydrogens (tertiary/aromatic N) is 6. The molecule has 5 rings (SSSR count). The molecule has 0 radical (unpaired) electrons. The number of nitrogen functional groups attached to an aromatic ring is 1. The Kier molecular flexibility index (Phi) is 4.78. The van der Waals surface area contributed by atoms with Gasteiger partial charge in [-0.1, -0.05) is 0 Å². The fourth-order valence-corrected chi connectivity index (χ4v) is 3.44. The van der Waals surface area contributed by atoms with Crippen LogP contribution in [0.15, 0.2) is 55.2 Å². The highest BCUT2D eigenvalue weighted by Crippen LogP contribution is 2.32. The zero-order valence-corrected chi connectivity index (χ0v) is 16.2. The summed E-state index contributed by atoms with van der Waals surface area (Å²) in [6.07, 6.45) is 6.71. The summed E-state index contributed by atoms with van der Waals surface area (Å²) in [5.41, 5.74) is 9.87. The van der Waals surface area contributed by atoms with E-state index in [4.69, 9.17) is 15.5 Å². The van der Waals surface area contributed by atoms with Crippen molar-refractivity contribution < 1.29 is 4.74 Å². The fraction of sp³-hybridized carbons (Fsp3) is 0.190. The van der Waals surface area contributed by atoms with Gasteiger partial charge in [-0.05, 0) is 30.3 Å². The van der Waals surface area contributed by atoms with Gasteiger partial charge in [0, 0.05) is 31.0 Å². The molecule has 0 aliphatic carbocycles. The summed E-state index contributed by atoms with van der Waals surface area (Å²) in [6.45, 7) is 3.13. The van der Waals surface area contributed by atoms with Gasteiger partial charge in [0.25, 0.3) is 0 Å². The molecule has 9 nitrogen and oxygen atoms in total. The molecule has 4 aromatic heterocycles. The van der Waals surface area contributed by atoms with E-state index < -0.39 is 0 Å². The monoisotopic (exact) mass is 400 g/mol. The van der Waals surface area contributed by atoms with Gasteiger partial charge in [-0.25, -0.2) is 19.9 Å². The van der Waals surface area contributed by atoms with Crippen LogP contribution in [-0.4, -0.2) is 51.2 Å². The smallest absolute Gasteiger partial charge is 0.167 e. The zero-order chi connectivity index (χ0) is 20.3. The van der Waals surface area contributed by atoms with Gasteiger partial charge >= 0.3 is 0 Å². The Morgan fingerprint density at radius 2 is 1.93 bits per heavy atom. The van der Waals surface area contributed by atoms with E-state index in [1.54, 1.807) is 12.4 Å². The van der Waals surface area contributed by atoms with E-state index in [1.165, 1.54) is 6.33 Å². The summed E-state index contributed by atoms with van der Waals surface area (Å²) in [6, 6.07) is 9.75. The molecule has 9 heteroatoms. The third-order valence-corrected chi connectivity index (χ3v) is 4.95. The van der Waals surface area contributed by atoms with Gasteiger partial charge in [-0.15, -0.1) is 0 Å². The maximum Gasteiger partial charge on any atom is 0.167 e. The second kappa shape index (κ2) is 7.88. The third kappa shape index (κ3) is 3.58. The first kappa shape index (κ1) is 18.2. The second-order valence-electron chi connectivity index (χ2n) is 6.88. The highest BCUT2D eigenvalue weighted by molar-refractivity contribution is 5.99. The number of morpholine rings is 1. The van der Waals surface area contributed by atoms with Crippen molar-refractivity contribution in [1.29, 1.82) is 0 Å². The van der Waals surface area contributed by atoms with Gasteiger partial charge in [0.2, 0.25) is 0 Å². The molecule has 1 fully saturated rings. The van der Waals surface area contributed by atoms with Crippen LogP contribution in [0.4, 0.5) is 23.0 Å². The Morgan fingerprint density at radius 3 is 2.70 bits per heavy atom. The average molecular weight is 400 g/mol. The minimum Gasteiger partial charge on any atom is -0.383 e. The van der Waals surface area contributed by atoms with Crippen LogP contribution in [0.1, 0.15) is 0 Å². The Hall–Kier alpha value is -3.85. The first-order chi connectivity index (χ1) is 14.8. The molecule has 1 aliphatic rings. The van der Waals surface area contributed by atoms with Crippen molar-refractivity contribution in [3.05, 3.63) is 55.2 Å². The molecular weight excluding hydrogens is 380 g/mol. The number of ether oxygens (including phenoxy) is 1. The van der Waals surface area contributed by atoms with Crippen molar-refractivity contribution in [3.8, 4) is 11.3 Å². The predicted molar refractivity (Wildman–Crippen MR) is 116 cm³/mol. The van der Waals surface area contributed by atoms with Crippen LogP contribution in [0.5, 0.6) is 0 Å². The summed E-state index contributed by atoms with van der Waals surface area (Å²) >= 11 is 0. The molecule has 0 bridgehead atoms. The van der Waals surface area contributed by atoms with Gasteiger partial charge in [0.1, 0.15) is 18.0 Å². The van der Waals surface area contributed by atoms with Crippen LogP contribution < -0.4 is 16.0 Å². The van der Waals surface area contributed by atoms with Crippen molar-refractivity contribution in [2.24, 2.45) is 0 Å². The van der Waals surface area contributed by atoms with Crippen LogP contribution in [-0.2, 0) is 4.74 Å². The van der Waals surface area contributed by atoms with Gasteiger partial charge in [0.15, 0.2) is 5.65 Å². The second-order valence-corrected chi connectivity index (χ2v) is 6.88. The first-order valence-electron chi connectivity index (χ1n) is 9.65. The first-order valence-corrected chi connectivity index (χ1v) is 9.65. The Labute approximate surface area is 173 Å². The Balaban J connectivity index is 1.54. The maximum absolute atomic E-state index is 6.13. The van der Waals surface area contributed by atoms with E-state index in [0.717, 1.165) is 54.8 Å². The van der Waals surface area contributed by atoms with Crippen molar-refractivity contribution in [3.63, 3.8) is 0 Å². The van der Waals surface area contributed by atoms with Crippen LogP contribution in [0.3, 0.4) is 0 Å². The molecule has 30 heavy (non-hydrogen) atoms. The van der Waals surface area contributed by atoms with Gasteiger partial charge in [-0.3, -0.25) is 4.98 Å². The minimum atomic E-state index is 0.367. The SMILES string of the molecule is Nc1ncnc2nc(-c3ccc(N4CCOCC4)nc3)cc(Nc3cccnc3)c12. The van der Waals surface area contributed by atoms with E-state index in [0.29, 0.717) is 16.9 Å². The lowest BCUT2D eigenvalue weighted by atomic mass is 10.1. The standard InChI is InChI=1S/C21H20N8O/c22-20-19-17(27-15-2-1-5-23-12-15)10-16(28-21(19)26-13-25-20)14-3-4-18(24-11-14)29-6-8-30-9-7-29/h1-5,10-13H,6-9H2,(H3,22,25,26,27,28). The van der Waals surface area contributed by atoms with E-state index in [2.05, 4.69) is 30.2 Å². The number of fused-ring (bicyclic) bond motifs is 1. The van der Waals surface area contributed by atoms with Crippen LogP contribution in [0.2, 0.25) is 0 Å². The molecule has 4 aromatic rings. The number of hydrogen-bond acceptors (Lipinski definition) is 9. The van der Waals surface area contributed by atoms with E-state index in [-0.39, 0.29) is 0 Å². The Morgan fingerprint density at radius 1 is 1.03 bits per heavy atom. The number of aromatic nitrogens is 5. The topological polar surface area (TPSA) is 115 Å². The van der Waals surface area contributed by atoms with Crippen molar-refractivity contribution in [2.75, 3.05) is 42.3 Å². The largest absolute Gasteiger partial charge is 0.383 e. The minimum absolute atomic E-state index is 0.367. The van der Waals surface area contributed by atoms with E-state index in [9.17, 15) is 0 Å². The lowest BCUT2D eigenvalue weighted by Gasteiger charge is -2.27. The van der Waals surface area contributed by atoms with E-state index in [1.807, 2.05) is 36.5 Å². The molecule has 0 spiro atoms. The quantitative estimate of drug-likeness (QED) is 0.533. The molecule has 0 atom stereocenters. The number of anilines is 4. The summed E-state index contributed by atoms with van der Waals surface area (Å²) in [7, 11) is 0. The molecule has 1 saturated heterocycles. The molecule has 0 unspecified atom stereocenters. The van der Waals surface area contributed by atoms with Crippen LogP contribution in [0, 0.1) is 0 Å². The van der Waals surface area contributed by atoms with Crippen LogP contribution >= 0.6 is 0 Å². The molecular formula is C21H20N8O. The Bertz CT molecular complexity index is 1160. The average Bonchev–Trinajstić information content (AvgIpc) is 2.80. The zero-order valence-electron chi connectivity index (χ0n) is 16.2. The number of nitrogens with one attached hydrogen (secondary N) is 1. The fourth-order valence-electron chi connectivity index (χ4n) is 3.44. The molecule has 150 valence electrons. The third-order valence-electron chi connectivity index (χ3n) is 4.95. The highest BCUT2D eigenvalue weighted by atomic mass is 16.5. The lowest BCUT2D eigenvalue weighted by molar-refractivity contribution is 0.122. The predicted octanol–water partition coefficient (Wildman–Crippen LogP) is 2.64. The normalized spacial score (nSPS) is 14.1. The number of rotatable bonds is 4. The molecule has 0 amide bonds. The van der Waals surface area contributed by atoms with Gasteiger partial charge in [0.05, 0.1) is 41.9 Å². The van der Waals surface area contributed by atoms with Crippen molar-refractivity contribution in [1.82, 2.24) is 24.9 Å². The van der Waals surface area contributed by atoms with Crippen molar-refractivity contribution in [2.45, 2.75) is 0 Å². The number of nitrogens with two attached hydrogens (primary N) is 1. The summed E-state index contributed by atoms with van der Waals surface area (Å²) < 4.78 is 5.41. The van der Waals surface area contributed by atoms with Gasteiger partial charge < -0.3 is 20.7 Å². The van der Waals surface area contributed by atoms with Crippen molar-refractivity contribution >= 4 is 34.0 Å². The molecule has 1 aliphatic heterocycles.